The minimum Gasteiger partial charge on any atom is -0.479 e. The highest BCUT2D eigenvalue weighted by Crippen LogP contribution is 2.19. The molecule has 0 aliphatic carbocycles. The molecule has 110 valence electrons. The van der Waals surface area contributed by atoms with Gasteiger partial charge in [0.2, 0.25) is 5.91 Å². The van der Waals surface area contributed by atoms with Gasteiger partial charge in [0.25, 0.3) is 0 Å². The van der Waals surface area contributed by atoms with Crippen molar-refractivity contribution in [2.45, 2.75) is 18.9 Å². The van der Waals surface area contributed by atoms with E-state index < -0.39 is 23.9 Å². The summed E-state index contributed by atoms with van der Waals surface area (Å²) in [5.74, 6) is -1.25. The van der Waals surface area contributed by atoms with E-state index in [1.165, 1.54) is 18.4 Å². The topological polar surface area (TPSA) is 86.7 Å². The average molecular weight is 319 g/mol. The fourth-order valence-corrected chi connectivity index (χ4v) is 2.33. The molecule has 1 aromatic heterocycles. The van der Waals surface area contributed by atoms with Crippen LogP contribution in [0.5, 0.6) is 0 Å². The zero-order chi connectivity index (χ0) is 15.1. The number of hydrogen-bond acceptors (Lipinski definition) is 4. The summed E-state index contributed by atoms with van der Waals surface area (Å²) in [4.78, 5) is 36.0. The van der Waals surface area contributed by atoms with Crippen molar-refractivity contribution in [2.24, 2.45) is 0 Å². The van der Waals surface area contributed by atoms with Crippen molar-refractivity contribution in [3.8, 4) is 0 Å². The van der Waals surface area contributed by atoms with E-state index in [1.54, 1.807) is 17.5 Å². The fraction of sp³-hybridized carbons (Fsp3) is 0.417. The number of carbonyl (C=O) groups is 3. The van der Waals surface area contributed by atoms with Crippen molar-refractivity contribution in [3.05, 3.63) is 22.4 Å². The summed E-state index contributed by atoms with van der Waals surface area (Å²) in [5, 5.41) is 13.2. The second-order valence-corrected chi connectivity index (χ2v) is 5.34. The molecule has 1 atom stereocenters. The van der Waals surface area contributed by atoms with Gasteiger partial charge in [-0.3, -0.25) is 9.69 Å². The molecular weight excluding hydrogens is 304 g/mol. The van der Waals surface area contributed by atoms with Crippen molar-refractivity contribution < 1.29 is 19.5 Å². The maximum absolute atomic E-state index is 11.9. The standard InChI is InChI=1S/C12H15ClN2O4S/c1-15(9(16)5-2-6-13)12(19)14-10(11(17)18)8-4-3-7-20-8/h3-4,7,10H,2,5-6H2,1H3,(H,14,19)(H,17,18). The smallest absolute Gasteiger partial charge is 0.331 e. The predicted molar refractivity (Wildman–Crippen MR) is 76.0 cm³/mol. The molecule has 1 heterocycles. The van der Waals surface area contributed by atoms with Gasteiger partial charge in [-0.05, 0) is 17.9 Å². The third-order valence-corrected chi connectivity index (χ3v) is 3.75. The van der Waals surface area contributed by atoms with Crippen LogP contribution in [0.15, 0.2) is 17.5 Å². The highest BCUT2D eigenvalue weighted by atomic mass is 35.5. The third kappa shape index (κ3) is 4.50. The molecule has 8 heteroatoms. The van der Waals surface area contributed by atoms with Crippen molar-refractivity contribution in [1.82, 2.24) is 10.2 Å². The molecule has 0 aliphatic heterocycles. The first-order valence-electron chi connectivity index (χ1n) is 5.86. The Morgan fingerprint density at radius 1 is 1.50 bits per heavy atom. The van der Waals surface area contributed by atoms with E-state index in [4.69, 9.17) is 16.7 Å². The van der Waals surface area contributed by atoms with Gasteiger partial charge in [-0.1, -0.05) is 6.07 Å². The van der Waals surface area contributed by atoms with E-state index in [2.05, 4.69) is 5.32 Å². The number of thiophene rings is 1. The fourth-order valence-electron chi connectivity index (χ4n) is 1.43. The maximum Gasteiger partial charge on any atom is 0.331 e. The van der Waals surface area contributed by atoms with E-state index >= 15 is 0 Å². The molecule has 0 fully saturated rings. The van der Waals surface area contributed by atoms with Gasteiger partial charge in [-0.15, -0.1) is 22.9 Å². The van der Waals surface area contributed by atoms with Gasteiger partial charge in [0.1, 0.15) is 0 Å². The number of imide groups is 1. The Bertz CT molecular complexity index is 478. The Kier molecular flexibility index (Phi) is 6.47. The lowest BCUT2D eigenvalue weighted by atomic mass is 10.2. The summed E-state index contributed by atoms with van der Waals surface area (Å²) in [7, 11) is 1.30. The number of carboxylic acid groups (broad SMARTS) is 1. The van der Waals surface area contributed by atoms with Crippen LogP contribution in [0.3, 0.4) is 0 Å². The monoisotopic (exact) mass is 318 g/mol. The molecule has 3 amide bonds. The Labute approximate surface area is 125 Å². The summed E-state index contributed by atoms with van der Waals surface area (Å²) in [6.45, 7) is 0. The second kappa shape index (κ2) is 7.86. The molecule has 0 spiro atoms. The lowest BCUT2D eigenvalue weighted by Gasteiger charge is -2.19. The number of hydrogen-bond donors (Lipinski definition) is 2. The summed E-state index contributed by atoms with van der Waals surface area (Å²) in [5.41, 5.74) is 0. The van der Waals surface area contributed by atoms with E-state index in [-0.39, 0.29) is 6.42 Å². The second-order valence-electron chi connectivity index (χ2n) is 3.98. The van der Waals surface area contributed by atoms with E-state index in [1.807, 2.05) is 0 Å². The molecule has 1 aromatic rings. The Morgan fingerprint density at radius 2 is 2.20 bits per heavy atom. The van der Waals surface area contributed by atoms with Crippen LogP contribution < -0.4 is 5.32 Å². The van der Waals surface area contributed by atoms with Crippen LogP contribution in [0.2, 0.25) is 0 Å². The normalized spacial score (nSPS) is 11.7. The lowest BCUT2D eigenvalue weighted by molar-refractivity contribution is -0.139. The van der Waals surface area contributed by atoms with Crippen molar-refractivity contribution in [1.29, 1.82) is 0 Å². The van der Waals surface area contributed by atoms with Gasteiger partial charge in [-0.25, -0.2) is 9.59 Å². The first kappa shape index (κ1) is 16.5. The van der Waals surface area contributed by atoms with Crippen LogP contribution in [-0.4, -0.2) is 40.8 Å². The highest BCUT2D eigenvalue weighted by Gasteiger charge is 2.26. The molecule has 1 rings (SSSR count). The molecule has 0 bridgehead atoms. The van der Waals surface area contributed by atoms with Crippen LogP contribution in [-0.2, 0) is 9.59 Å². The van der Waals surface area contributed by atoms with Crippen molar-refractivity contribution in [3.63, 3.8) is 0 Å². The summed E-state index contributed by atoms with van der Waals surface area (Å²) in [6.07, 6.45) is 0.607. The molecule has 6 nitrogen and oxygen atoms in total. The first-order chi connectivity index (χ1) is 9.47. The van der Waals surface area contributed by atoms with Gasteiger partial charge in [0.15, 0.2) is 6.04 Å². The molecule has 2 N–H and O–H groups in total. The molecule has 0 aromatic carbocycles. The summed E-state index contributed by atoms with van der Waals surface area (Å²) < 4.78 is 0. The van der Waals surface area contributed by atoms with Gasteiger partial charge < -0.3 is 10.4 Å². The van der Waals surface area contributed by atoms with Crippen LogP contribution >= 0.6 is 22.9 Å². The summed E-state index contributed by atoms with van der Waals surface area (Å²) in [6, 6.07) is 1.40. The number of rotatable bonds is 6. The lowest BCUT2D eigenvalue weighted by Crippen LogP contribution is -2.44. The van der Waals surface area contributed by atoms with Gasteiger partial charge in [0.05, 0.1) is 0 Å². The molecule has 0 saturated heterocycles. The SMILES string of the molecule is CN(C(=O)CCCCl)C(=O)NC(C(=O)O)c1cccs1. The largest absolute Gasteiger partial charge is 0.479 e. The molecule has 0 saturated carbocycles. The van der Waals surface area contributed by atoms with Crippen LogP contribution in [0, 0.1) is 0 Å². The maximum atomic E-state index is 11.9. The number of urea groups is 1. The van der Waals surface area contributed by atoms with Gasteiger partial charge in [0, 0.05) is 24.2 Å². The van der Waals surface area contributed by atoms with Crippen LogP contribution in [0.25, 0.3) is 0 Å². The van der Waals surface area contributed by atoms with E-state index in [9.17, 15) is 14.4 Å². The van der Waals surface area contributed by atoms with Crippen molar-refractivity contribution >= 4 is 40.8 Å². The Hall–Kier alpha value is -1.60. The number of carboxylic acids is 1. The number of aliphatic carboxylic acids is 1. The van der Waals surface area contributed by atoms with Gasteiger partial charge >= 0.3 is 12.0 Å². The minimum absolute atomic E-state index is 0.143. The van der Waals surface area contributed by atoms with Crippen molar-refractivity contribution in [2.75, 3.05) is 12.9 Å². The van der Waals surface area contributed by atoms with Crippen LogP contribution in [0.4, 0.5) is 4.79 Å². The Morgan fingerprint density at radius 3 is 2.70 bits per heavy atom. The number of halogens is 1. The predicted octanol–water partition coefficient (Wildman–Crippen LogP) is 2.06. The molecule has 20 heavy (non-hydrogen) atoms. The Balaban J connectivity index is 2.67. The van der Waals surface area contributed by atoms with E-state index in [0.717, 1.165) is 4.90 Å². The number of nitrogens with one attached hydrogen (secondary N) is 1. The number of nitrogens with zero attached hydrogens (tertiary/aromatic N) is 1. The number of alkyl halides is 1. The molecule has 0 aliphatic rings. The molecular formula is C12H15ClN2O4S. The van der Waals surface area contributed by atoms with Gasteiger partial charge in [-0.2, -0.15) is 0 Å². The van der Waals surface area contributed by atoms with E-state index in [0.29, 0.717) is 17.2 Å². The zero-order valence-corrected chi connectivity index (χ0v) is 12.4. The highest BCUT2D eigenvalue weighted by molar-refractivity contribution is 7.10. The third-order valence-electron chi connectivity index (χ3n) is 2.55. The number of amides is 3. The minimum atomic E-state index is -1.18. The molecule has 1 unspecified atom stereocenters. The average Bonchev–Trinajstić information content (AvgIpc) is 2.94. The quantitative estimate of drug-likeness (QED) is 0.786. The zero-order valence-electron chi connectivity index (χ0n) is 10.8. The summed E-state index contributed by atoms with van der Waals surface area (Å²) >= 11 is 6.69. The molecule has 0 radical (unpaired) electrons. The van der Waals surface area contributed by atoms with Crippen LogP contribution in [0.1, 0.15) is 23.8 Å². The first-order valence-corrected chi connectivity index (χ1v) is 7.28. The number of carbonyl (C=O) groups excluding carboxylic acids is 2.